The molecular formula is C8H3F4N3. The topological polar surface area (TPSA) is 50.9 Å². The number of nitrogens with zero attached hydrogens (tertiary/aromatic N) is 1. The van der Waals surface area contributed by atoms with Crippen LogP contribution in [0.3, 0.4) is 0 Å². The largest absolute Gasteiger partial charge is 0.282 e. The molecule has 78 valence electrons. The molecule has 0 aliphatic carbocycles. The monoisotopic (exact) mass is 217 g/mol. The third-order valence-corrected chi connectivity index (χ3v) is 2.05. The summed E-state index contributed by atoms with van der Waals surface area (Å²) in [5, 5.41) is 13.7. The van der Waals surface area contributed by atoms with Gasteiger partial charge in [0, 0.05) is 5.56 Å². The molecule has 0 unspecified atom stereocenters. The number of fused-ring (bicyclic) bond motifs is 1. The van der Waals surface area contributed by atoms with E-state index in [4.69, 9.17) is 10.8 Å². The van der Waals surface area contributed by atoms with Crippen molar-refractivity contribution in [2.75, 3.05) is 0 Å². The highest BCUT2D eigenvalue weighted by Crippen LogP contribution is 2.28. The Kier molecular flexibility index (Phi) is 1.79. The Morgan fingerprint density at radius 3 is 2.20 bits per heavy atom. The number of amidine groups is 2. The van der Waals surface area contributed by atoms with E-state index in [0.29, 0.717) is 6.07 Å². The van der Waals surface area contributed by atoms with E-state index in [1.807, 2.05) is 0 Å². The van der Waals surface area contributed by atoms with Gasteiger partial charge in [0.1, 0.15) is 0 Å². The number of halogens is 4. The maximum absolute atomic E-state index is 13.1. The van der Waals surface area contributed by atoms with Crippen LogP contribution in [0.2, 0.25) is 0 Å². The van der Waals surface area contributed by atoms with Crippen LogP contribution in [0.1, 0.15) is 11.1 Å². The van der Waals surface area contributed by atoms with Crippen LogP contribution in [0.4, 0.5) is 17.7 Å². The van der Waals surface area contributed by atoms with Gasteiger partial charge in [-0.05, 0) is 6.07 Å². The van der Waals surface area contributed by atoms with Crippen LogP contribution in [-0.4, -0.2) is 16.8 Å². The quantitative estimate of drug-likeness (QED) is 0.389. The van der Waals surface area contributed by atoms with E-state index in [0.717, 1.165) is 0 Å². The molecule has 0 fully saturated rings. The number of rotatable bonds is 0. The van der Waals surface area contributed by atoms with E-state index in [2.05, 4.69) is 0 Å². The van der Waals surface area contributed by atoms with E-state index in [1.54, 1.807) is 0 Å². The van der Waals surface area contributed by atoms with E-state index in [-0.39, 0.29) is 0 Å². The predicted octanol–water partition coefficient (Wildman–Crippen LogP) is 1.95. The summed E-state index contributed by atoms with van der Waals surface area (Å²) in [4.78, 5) is 0. The second-order valence-electron chi connectivity index (χ2n) is 2.89. The van der Waals surface area contributed by atoms with Crippen LogP contribution in [0.15, 0.2) is 6.07 Å². The van der Waals surface area contributed by atoms with Gasteiger partial charge < -0.3 is 0 Å². The molecule has 3 nitrogen and oxygen atoms in total. The second-order valence-corrected chi connectivity index (χ2v) is 2.89. The standard InChI is InChI=1S/C8H3F4N3/c9-3-1-2-4(6(11)5(3)10)8(14)15(12)7(2)13/h1,13-14H. The Morgan fingerprint density at radius 2 is 1.60 bits per heavy atom. The lowest BCUT2D eigenvalue weighted by Crippen LogP contribution is -2.20. The summed E-state index contributed by atoms with van der Waals surface area (Å²) in [6.07, 6.45) is 0. The zero-order chi connectivity index (χ0) is 11.3. The van der Waals surface area contributed by atoms with Crippen molar-refractivity contribution in [3.63, 3.8) is 0 Å². The molecule has 0 aromatic heterocycles. The number of hydrogen-bond donors (Lipinski definition) is 2. The van der Waals surface area contributed by atoms with Crippen LogP contribution < -0.4 is 0 Å². The maximum Gasteiger partial charge on any atom is 0.195 e. The summed E-state index contributed by atoms with van der Waals surface area (Å²) in [7, 11) is 0. The third-order valence-electron chi connectivity index (χ3n) is 2.05. The fourth-order valence-corrected chi connectivity index (χ4v) is 1.33. The summed E-state index contributed by atoms with van der Waals surface area (Å²) < 4.78 is 51.5. The molecule has 0 saturated carbocycles. The summed E-state index contributed by atoms with van der Waals surface area (Å²) in [6.45, 7) is 0. The van der Waals surface area contributed by atoms with Crippen LogP contribution in [-0.2, 0) is 0 Å². The Balaban J connectivity index is 2.81. The zero-order valence-corrected chi connectivity index (χ0v) is 7.04. The molecular weight excluding hydrogens is 214 g/mol. The zero-order valence-electron chi connectivity index (χ0n) is 7.04. The Morgan fingerprint density at radius 1 is 1.00 bits per heavy atom. The minimum absolute atomic E-state index is 0.452. The number of hydrogen-bond acceptors (Lipinski definition) is 2. The SMILES string of the molecule is N=C1c2cc(F)c(F)c(F)c2C(=N)N1F. The minimum atomic E-state index is -1.78. The van der Waals surface area contributed by atoms with Crippen molar-refractivity contribution in [3.8, 4) is 0 Å². The van der Waals surface area contributed by atoms with Crippen LogP contribution in [0.25, 0.3) is 0 Å². The Hall–Kier alpha value is -1.92. The number of benzene rings is 1. The highest BCUT2D eigenvalue weighted by Gasteiger charge is 2.36. The van der Waals surface area contributed by atoms with Crippen LogP contribution in [0.5, 0.6) is 0 Å². The summed E-state index contributed by atoms with van der Waals surface area (Å²) in [5.41, 5.74) is -1.21. The van der Waals surface area contributed by atoms with E-state index in [1.165, 1.54) is 0 Å². The molecule has 1 heterocycles. The summed E-state index contributed by atoms with van der Waals surface area (Å²) >= 11 is 0. The lowest BCUT2D eigenvalue weighted by atomic mass is 10.1. The Labute approximate surface area is 80.9 Å². The van der Waals surface area contributed by atoms with Gasteiger partial charge in [-0.25, -0.2) is 13.2 Å². The molecule has 0 spiro atoms. The average molecular weight is 217 g/mol. The average Bonchev–Trinajstić information content (AvgIpc) is 2.40. The smallest absolute Gasteiger partial charge is 0.195 e. The first-order valence-corrected chi connectivity index (χ1v) is 3.76. The normalized spacial score (nSPS) is 14.8. The molecule has 1 aliphatic heterocycles. The van der Waals surface area contributed by atoms with Crippen molar-refractivity contribution in [2.45, 2.75) is 0 Å². The van der Waals surface area contributed by atoms with Gasteiger partial charge in [0.25, 0.3) is 0 Å². The summed E-state index contributed by atoms with van der Waals surface area (Å²) in [5.74, 6) is -6.83. The first kappa shape index (κ1) is 9.63. The van der Waals surface area contributed by atoms with Gasteiger partial charge >= 0.3 is 0 Å². The van der Waals surface area contributed by atoms with E-state index in [9.17, 15) is 17.7 Å². The van der Waals surface area contributed by atoms with Crippen molar-refractivity contribution in [1.29, 1.82) is 10.8 Å². The molecule has 1 aromatic carbocycles. The molecule has 1 aliphatic rings. The summed E-state index contributed by atoms with van der Waals surface area (Å²) in [6, 6.07) is 0.490. The molecule has 1 aromatic rings. The fourth-order valence-electron chi connectivity index (χ4n) is 1.33. The van der Waals surface area contributed by atoms with Gasteiger partial charge in [0.15, 0.2) is 29.1 Å². The van der Waals surface area contributed by atoms with Gasteiger partial charge in [-0.2, -0.15) is 0 Å². The van der Waals surface area contributed by atoms with Gasteiger partial charge in [-0.3, -0.25) is 10.8 Å². The molecule has 7 heteroatoms. The van der Waals surface area contributed by atoms with Crippen LogP contribution in [0, 0.1) is 28.3 Å². The lowest BCUT2D eigenvalue weighted by molar-refractivity contribution is 0.227. The first-order chi connectivity index (χ1) is 6.95. The molecule has 15 heavy (non-hydrogen) atoms. The third kappa shape index (κ3) is 1.06. The first-order valence-electron chi connectivity index (χ1n) is 3.76. The van der Waals surface area contributed by atoms with E-state index >= 15 is 0 Å². The lowest BCUT2D eigenvalue weighted by Gasteiger charge is -2.02. The maximum atomic E-state index is 13.1. The van der Waals surface area contributed by atoms with Gasteiger partial charge in [0.05, 0.1) is 5.56 Å². The highest BCUT2D eigenvalue weighted by molar-refractivity contribution is 6.22. The van der Waals surface area contributed by atoms with E-state index < -0.39 is 45.4 Å². The van der Waals surface area contributed by atoms with Gasteiger partial charge in [-0.1, -0.05) is 4.48 Å². The van der Waals surface area contributed by atoms with Gasteiger partial charge in [-0.15, -0.1) is 5.12 Å². The highest BCUT2D eigenvalue weighted by atomic mass is 19.2. The predicted molar refractivity (Wildman–Crippen MR) is 42.9 cm³/mol. The second kappa shape index (κ2) is 2.78. The molecule has 0 bridgehead atoms. The number of nitrogens with one attached hydrogen (secondary N) is 2. The van der Waals surface area contributed by atoms with Crippen molar-refractivity contribution in [2.24, 2.45) is 0 Å². The van der Waals surface area contributed by atoms with Crippen molar-refractivity contribution < 1.29 is 17.7 Å². The Bertz CT molecular complexity index is 497. The molecule has 0 amide bonds. The fraction of sp³-hybridized carbons (Fsp3) is 0. The molecule has 2 N–H and O–H groups in total. The molecule has 0 atom stereocenters. The molecule has 0 radical (unpaired) electrons. The minimum Gasteiger partial charge on any atom is -0.282 e. The molecule has 2 rings (SSSR count). The van der Waals surface area contributed by atoms with Crippen molar-refractivity contribution >= 4 is 11.7 Å². The van der Waals surface area contributed by atoms with Gasteiger partial charge in [0.2, 0.25) is 0 Å². The van der Waals surface area contributed by atoms with Crippen molar-refractivity contribution in [3.05, 3.63) is 34.6 Å². The molecule has 0 saturated heterocycles. The van der Waals surface area contributed by atoms with Crippen molar-refractivity contribution in [1.82, 2.24) is 5.12 Å². The van der Waals surface area contributed by atoms with Crippen LogP contribution >= 0.6 is 0 Å².